The molecule has 0 saturated heterocycles. The summed E-state index contributed by atoms with van der Waals surface area (Å²) in [5, 5.41) is 0. The van der Waals surface area contributed by atoms with E-state index in [1.807, 2.05) is 4.90 Å². The van der Waals surface area contributed by atoms with Crippen LogP contribution in [0.3, 0.4) is 0 Å². The second-order valence-electron chi connectivity index (χ2n) is 2.97. The molecule has 0 N–H and O–H groups in total. The summed E-state index contributed by atoms with van der Waals surface area (Å²) in [6, 6.07) is 0.440. The molecule has 0 aliphatic rings. The second kappa shape index (κ2) is 7.59. The van der Waals surface area contributed by atoms with E-state index in [4.69, 9.17) is 0 Å². The first-order chi connectivity index (χ1) is 6.29. The van der Waals surface area contributed by atoms with Crippen molar-refractivity contribution >= 4 is 6.29 Å². The largest absolute Gasteiger partial charge is 0.352 e. The molecule has 0 aromatic carbocycles. The first kappa shape index (κ1) is 11.9. The molecule has 0 heterocycles. The van der Waals surface area contributed by atoms with E-state index < -0.39 is 0 Å². The molecule has 0 radical (unpaired) electrons. The van der Waals surface area contributed by atoms with Crippen molar-refractivity contribution in [2.24, 2.45) is 0 Å². The third-order valence-corrected chi connectivity index (χ3v) is 2.17. The van der Waals surface area contributed by atoms with Gasteiger partial charge in [0.25, 0.3) is 0 Å². The highest BCUT2D eigenvalue weighted by Crippen LogP contribution is 2.12. The molecule has 0 spiro atoms. The summed E-state index contributed by atoms with van der Waals surface area (Å²) in [6.07, 6.45) is 8.20. The lowest BCUT2D eigenvalue weighted by molar-refractivity contribution is -0.107. The van der Waals surface area contributed by atoms with Crippen molar-refractivity contribution in [3.8, 4) is 0 Å². The minimum atomic E-state index is 0.440. The van der Waals surface area contributed by atoms with Gasteiger partial charge in [-0.3, -0.25) is 0 Å². The van der Waals surface area contributed by atoms with Gasteiger partial charge in [0.15, 0.2) is 0 Å². The number of hydrogen-bond donors (Lipinski definition) is 0. The lowest BCUT2D eigenvalue weighted by Crippen LogP contribution is -2.24. The van der Waals surface area contributed by atoms with Crippen molar-refractivity contribution in [1.82, 2.24) is 4.90 Å². The van der Waals surface area contributed by atoms with Crippen LogP contribution in [0.15, 0.2) is 25.6 Å². The van der Waals surface area contributed by atoms with Crippen LogP contribution in [-0.4, -0.2) is 17.2 Å². The summed E-state index contributed by atoms with van der Waals surface area (Å²) in [5.74, 6) is 0. The van der Waals surface area contributed by atoms with Crippen LogP contribution in [0.2, 0.25) is 0 Å². The summed E-state index contributed by atoms with van der Waals surface area (Å²) < 4.78 is 0. The highest BCUT2D eigenvalue weighted by atomic mass is 16.1. The quantitative estimate of drug-likeness (QED) is 0.424. The number of unbranched alkanes of at least 4 members (excludes halogenated alkanes) is 1. The van der Waals surface area contributed by atoms with E-state index in [0.717, 1.165) is 25.5 Å². The summed E-state index contributed by atoms with van der Waals surface area (Å²) in [7, 11) is 0. The molecule has 1 unspecified atom stereocenters. The molecule has 0 fully saturated rings. The number of rotatable bonds is 8. The van der Waals surface area contributed by atoms with Crippen LogP contribution in [0.1, 0.15) is 32.6 Å². The maximum absolute atomic E-state index is 10.1. The van der Waals surface area contributed by atoms with Gasteiger partial charge in [-0.05, 0) is 31.7 Å². The Morgan fingerprint density at radius 2 is 2.00 bits per heavy atom. The lowest BCUT2D eigenvalue weighted by atomic mass is 10.1. The number of carbonyl (C=O) groups excluding carboxylic acids is 1. The second-order valence-corrected chi connectivity index (χ2v) is 2.97. The first-order valence-electron chi connectivity index (χ1n) is 4.76. The third-order valence-electron chi connectivity index (χ3n) is 2.17. The van der Waals surface area contributed by atoms with Gasteiger partial charge >= 0.3 is 0 Å². The minimum absolute atomic E-state index is 0.440. The van der Waals surface area contributed by atoms with E-state index in [1.54, 1.807) is 12.4 Å². The minimum Gasteiger partial charge on any atom is -0.352 e. The molecule has 0 saturated carbocycles. The molecule has 0 aliphatic carbocycles. The van der Waals surface area contributed by atoms with Gasteiger partial charge in [-0.2, -0.15) is 0 Å². The van der Waals surface area contributed by atoms with Crippen LogP contribution < -0.4 is 0 Å². The standard InChI is InChI=1S/C11H19NO/c1-4-11(9-7-8-10-13)12(5-2)6-3/h5-6,10-11H,2-4,7-9H2,1H3. The topological polar surface area (TPSA) is 20.3 Å². The molecule has 0 bridgehead atoms. The number of nitrogens with zero attached hydrogens (tertiary/aromatic N) is 1. The predicted molar refractivity (Wildman–Crippen MR) is 56.2 cm³/mol. The molecule has 0 aliphatic heterocycles. The number of carbonyl (C=O) groups is 1. The van der Waals surface area contributed by atoms with Crippen LogP contribution in [-0.2, 0) is 4.79 Å². The van der Waals surface area contributed by atoms with Crippen LogP contribution in [0.4, 0.5) is 0 Å². The normalized spacial score (nSPS) is 11.8. The molecule has 2 nitrogen and oxygen atoms in total. The van der Waals surface area contributed by atoms with E-state index in [1.165, 1.54) is 0 Å². The lowest BCUT2D eigenvalue weighted by Gasteiger charge is -2.25. The van der Waals surface area contributed by atoms with E-state index in [2.05, 4.69) is 20.1 Å². The Kier molecular flexibility index (Phi) is 6.98. The Bertz CT molecular complexity index is 157. The zero-order chi connectivity index (χ0) is 10.1. The van der Waals surface area contributed by atoms with Gasteiger partial charge in [-0.1, -0.05) is 20.1 Å². The van der Waals surface area contributed by atoms with E-state index in [9.17, 15) is 4.79 Å². The maximum Gasteiger partial charge on any atom is 0.119 e. The smallest absolute Gasteiger partial charge is 0.119 e. The Labute approximate surface area is 80.9 Å². The monoisotopic (exact) mass is 181 g/mol. The Morgan fingerprint density at radius 3 is 2.38 bits per heavy atom. The SMILES string of the molecule is C=CN(C=C)C(CC)CCCC=O. The van der Waals surface area contributed by atoms with Crippen molar-refractivity contribution in [2.45, 2.75) is 38.6 Å². The maximum atomic E-state index is 10.1. The van der Waals surface area contributed by atoms with Gasteiger partial charge in [0, 0.05) is 12.5 Å². The van der Waals surface area contributed by atoms with Gasteiger partial charge in [-0.15, -0.1) is 0 Å². The fourth-order valence-electron chi connectivity index (χ4n) is 1.37. The molecule has 0 rings (SSSR count). The van der Waals surface area contributed by atoms with Crippen LogP contribution in [0, 0.1) is 0 Å². The van der Waals surface area contributed by atoms with Crippen LogP contribution in [0.5, 0.6) is 0 Å². The molecule has 0 amide bonds. The van der Waals surface area contributed by atoms with Gasteiger partial charge in [-0.25, -0.2) is 0 Å². The highest BCUT2D eigenvalue weighted by Gasteiger charge is 2.09. The number of aldehydes is 1. The van der Waals surface area contributed by atoms with Crippen LogP contribution in [0.25, 0.3) is 0 Å². The fourth-order valence-corrected chi connectivity index (χ4v) is 1.37. The molecular weight excluding hydrogens is 162 g/mol. The van der Waals surface area contributed by atoms with E-state index in [0.29, 0.717) is 12.5 Å². The molecule has 13 heavy (non-hydrogen) atoms. The molecule has 1 atom stereocenters. The van der Waals surface area contributed by atoms with Crippen molar-refractivity contribution in [2.75, 3.05) is 0 Å². The zero-order valence-electron chi connectivity index (χ0n) is 8.41. The number of hydrogen-bond acceptors (Lipinski definition) is 2. The van der Waals surface area contributed by atoms with E-state index >= 15 is 0 Å². The molecule has 74 valence electrons. The predicted octanol–water partition coefficient (Wildman–Crippen LogP) is 2.72. The fraction of sp³-hybridized carbons (Fsp3) is 0.545. The van der Waals surface area contributed by atoms with Crippen LogP contribution >= 0.6 is 0 Å². The highest BCUT2D eigenvalue weighted by molar-refractivity contribution is 5.48. The molecule has 2 heteroatoms. The van der Waals surface area contributed by atoms with E-state index in [-0.39, 0.29) is 0 Å². The Hall–Kier alpha value is -1.05. The first-order valence-corrected chi connectivity index (χ1v) is 4.76. The Balaban J connectivity index is 3.91. The van der Waals surface area contributed by atoms with Crippen molar-refractivity contribution in [3.05, 3.63) is 25.6 Å². The van der Waals surface area contributed by atoms with Gasteiger partial charge < -0.3 is 9.69 Å². The van der Waals surface area contributed by atoms with Crippen molar-refractivity contribution < 1.29 is 4.79 Å². The van der Waals surface area contributed by atoms with Crippen molar-refractivity contribution in [3.63, 3.8) is 0 Å². The average Bonchev–Trinajstić information content (AvgIpc) is 2.17. The molecular formula is C11H19NO. The molecule has 0 aromatic rings. The zero-order valence-corrected chi connectivity index (χ0v) is 8.41. The summed E-state index contributed by atoms with van der Waals surface area (Å²) in [4.78, 5) is 12.1. The summed E-state index contributed by atoms with van der Waals surface area (Å²) in [6.45, 7) is 9.56. The van der Waals surface area contributed by atoms with Gasteiger partial charge in [0.2, 0.25) is 0 Å². The molecule has 0 aromatic heterocycles. The summed E-state index contributed by atoms with van der Waals surface area (Å²) >= 11 is 0. The summed E-state index contributed by atoms with van der Waals surface area (Å²) in [5.41, 5.74) is 0. The van der Waals surface area contributed by atoms with Gasteiger partial charge in [0.1, 0.15) is 6.29 Å². The van der Waals surface area contributed by atoms with Gasteiger partial charge in [0.05, 0.1) is 0 Å². The average molecular weight is 181 g/mol. The van der Waals surface area contributed by atoms with Crippen molar-refractivity contribution in [1.29, 1.82) is 0 Å². The third kappa shape index (κ3) is 4.51. The Morgan fingerprint density at radius 1 is 1.38 bits per heavy atom.